The maximum Gasteiger partial charge on any atom is 0.244 e. The molecule has 1 N–H and O–H groups in total. The highest BCUT2D eigenvalue weighted by molar-refractivity contribution is 5.95. The van der Waals surface area contributed by atoms with E-state index in [-0.39, 0.29) is 37.3 Å². The van der Waals surface area contributed by atoms with Gasteiger partial charge < -0.3 is 19.5 Å². The van der Waals surface area contributed by atoms with Gasteiger partial charge in [-0.05, 0) is 56.0 Å². The van der Waals surface area contributed by atoms with Gasteiger partial charge in [0.2, 0.25) is 23.5 Å². The van der Waals surface area contributed by atoms with Crippen LogP contribution in [0.5, 0.6) is 0 Å². The van der Waals surface area contributed by atoms with Crippen molar-refractivity contribution in [1.29, 1.82) is 0 Å². The third kappa shape index (κ3) is 6.05. The number of ether oxygens (including phenoxy) is 1. The van der Waals surface area contributed by atoms with Crippen LogP contribution in [-0.2, 0) is 20.7 Å². The maximum absolute atomic E-state index is 13.1. The number of anilines is 1. The fourth-order valence-electron chi connectivity index (χ4n) is 3.88. The number of carbonyl (C=O) groups is 2. The molecule has 4 rings (SSSR count). The molecule has 0 bridgehead atoms. The Morgan fingerprint density at radius 1 is 1.21 bits per heavy atom. The predicted molar refractivity (Wildman–Crippen MR) is 126 cm³/mol. The molecule has 1 aliphatic heterocycles. The highest BCUT2D eigenvalue weighted by Crippen LogP contribution is 2.19. The molecular weight excluding hydrogens is 434 g/mol. The van der Waals surface area contributed by atoms with Crippen molar-refractivity contribution in [1.82, 2.24) is 20.0 Å². The van der Waals surface area contributed by atoms with Crippen LogP contribution < -0.4 is 5.32 Å². The molecule has 2 aromatic heterocycles. The van der Waals surface area contributed by atoms with E-state index in [9.17, 15) is 9.59 Å². The van der Waals surface area contributed by atoms with E-state index in [2.05, 4.69) is 20.4 Å². The van der Waals surface area contributed by atoms with E-state index in [4.69, 9.17) is 9.26 Å². The molecule has 0 spiro atoms. The summed E-state index contributed by atoms with van der Waals surface area (Å²) in [5, 5.41) is 6.90. The topological polar surface area (TPSA) is 110 Å². The molecule has 1 saturated heterocycles. The zero-order chi connectivity index (χ0) is 23.9. The third-order valence-electron chi connectivity index (χ3n) is 5.95. The van der Waals surface area contributed by atoms with Gasteiger partial charge in [-0.3, -0.25) is 14.6 Å². The van der Waals surface area contributed by atoms with Gasteiger partial charge in [-0.25, -0.2) is 0 Å². The second-order valence-corrected chi connectivity index (χ2v) is 8.46. The SMILES string of the molecule is Cc1cccc(NC(=O)CN(CC2CCCO2)C(=O)CCc2nc(-c3cccnc3)no2)c1C. The molecule has 1 aromatic carbocycles. The Bertz CT molecular complexity index is 1130. The number of benzene rings is 1. The standard InChI is InChI=1S/C25H29N5O4/c1-17-6-3-9-21(18(17)2)27-22(31)16-30(15-20-8-5-13-33-20)24(32)11-10-23-28-25(29-34-23)19-7-4-12-26-14-19/h3-4,6-7,9,12,14,20H,5,8,10-11,13,15-16H2,1-2H3,(H,27,31). The zero-order valence-corrected chi connectivity index (χ0v) is 19.5. The number of carbonyl (C=O) groups excluding carboxylic acids is 2. The van der Waals surface area contributed by atoms with Crippen LogP contribution in [0.4, 0.5) is 5.69 Å². The summed E-state index contributed by atoms with van der Waals surface area (Å²) in [5.74, 6) is 0.396. The minimum atomic E-state index is -0.239. The van der Waals surface area contributed by atoms with Crippen molar-refractivity contribution in [3.8, 4) is 11.4 Å². The van der Waals surface area contributed by atoms with Gasteiger partial charge in [-0.15, -0.1) is 0 Å². The van der Waals surface area contributed by atoms with Crippen molar-refractivity contribution in [2.75, 3.05) is 25.0 Å². The maximum atomic E-state index is 13.1. The minimum Gasteiger partial charge on any atom is -0.376 e. The number of hydrogen-bond acceptors (Lipinski definition) is 7. The van der Waals surface area contributed by atoms with Crippen molar-refractivity contribution < 1.29 is 18.8 Å². The molecule has 0 saturated carbocycles. The Morgan fingerprint density at radius 2 is 2.09 bits per heavy atom. The van der Waals surface area contributed by atoms with Gasteiger partial charge in [-0.2, -0.15) is 4.98 Å². The summed E-state index contributed by atoms with van der Waals surface area (Å²) in [5.41, 5.74) is 3.60. The highest BCUT2D eigenvalue weighted by Gasteiger charge is 2.25. The molecule has 1 atom stereocenters. The average Bonchev–Trinajstić information content (AvgIpc) is 3.53. The summed E-state index contributed by atoms with van der Waals surface area (Å²) >= 11 is 0. The molecule has 1 unspecified atom stereocenters. The summed E-state index contributed by atoms with van der Waals surface area (Å²) in [6.45, 7) is 4.97. The Labute approximate surface area is 198 Å². The number of nitrogens with zero attached hydrogens (tertiary/aromatic N) is 4. The molecular formula is C25H29N5O4. The van der Waals surface area contributed by atoms with Crippen LogP contribution >= 0.6 is 0 Å². The van der Waals surface area contributed by atoms with Crippen LogP contribution in [0.15, 0.2) is 47.2 Å². The second-order valence-electron chi connectivity index (χ2n) is 8.46. The number of aryl methyl sites for hydroxylation is 2. The van der Waals surface area contributed by atoms with Gasteiger partial charge in [0.15, 0.2) is 0 Å². The summed E-state index contributed by atoms with van der Waals surface area (Å²) < 4.78 is 11.0. The van der Waals surface area contributed by atoms with E-state index < -0.39 is 0 Å². The summed E-state index contributed by atoms with van der Waals surface area (Å²) in [7, 11) is 0. The normalized spacial score (nSPS) is 15.3. The van der Waals surface area contributed by atoms with Gasteiger partial charge in [0, 0.05) is 49.6 Å². The quantitative estimate of drug-likeness (QED) is 0.518. The largest absolute Gasteiger partial charge is 0.376 e. The first kappa shape index (κ1) is 23.6. The van der Waals surface area contributed by atoms with Gasteiger partial charge >= 0.3 is 0 Å². The molecule has 3 aromatic rings. The third-order valence-corrected chi connectivity index (χ3v) is 5.95. The number of amides is 2. The fraction of sp³-hybridized carbons (Fsp3) is 0.400. The number of hydrogen-bond donors (Lipinski definition) is 1. The lowest BCUT2D eigenvalue weighted by molar-refractivity contribution is -0.136. The first-order valence-electron chi connectivity index (χ1n) is 11.5. The summed E-state index contributed by atoms with van der Waals surface area (Å²) in [6.07, 6.45) is 5.53. The van der Waals surface area contributed by atoms with Gasteiger partial charge in [0.1, 0.15) is 0 Å². The van der Waals surface area contributed by atoms with Crippen LogP contribution in [-0.4, -0.2) is 57.6 Å². The number of rotatable bonds is 9. The molecule has 9 nitrogen and oxygen atoms in total. The van der Waals surface area contributed by atoms with E-state index in [1.165, 1.54) is 0 Å². The van der Waals surface area contributed by atoms with Gasteiger partial charge in [0.05, 0.1) is 12.6 Å². The Hall–Kier alpha value is -3.59. The lowest BCUT2D eigenvalue weighted by atomic mass is 10.1. The van der Waals surface area contributed by atoms with E-state index in [0.717, 1.165) is 35.2 Å². The smallest absolute Gasteiger partial charge is 0.244 e. The fourth-order valence-corrected chi connectivity index (χ4v) is 3.88. The van der Waals surface area contributed by atoms with Crippen LogP contribution in [0, 0.1) is 13.8 Å². The van der Waals surface area contributed by atoms with Crippen molar-refractivity contribution in [3.63, 3.8) is 0 Å². The highest BCUT2D eigenvalue weighted by atomic mass is 16.5. The minimum absolute atomic E-state index is 0.0448. The lowest BCUT2D eigenvalue weighted by Gasteiger charge is -2.25. The molecule has 1 fully saturated rings. The van der Waals surface area contributed by atoms with Crippen molar-refractivity contribution >= 4 is 17.5 Å². The number of pyridine rings is 1. The van der Waals surface area contributed by atoms with E-state index in [1.54, 1.807) is 23.4 Å². The molecule has 0 aliphatic carbocycles. The molecule has 178 valence electrons. The van der Waals surface area contributed by atoms with Crippen molar-refractivity contribution in [2.24, 2.45) is 0 Å². The van der Waals surface area contributed by atoms with Crippen LogP contribution in [0.3, 0.4) is 0 Å². The molecule has 34 heavy (non-hydrogen) atoms. The Balaban J connectivity index is 1.38. The first-order chi connectivity index (χ1) is 16.5. The monoisotopic (exact) mass is 463 g/mol. The van der Waals surface area contributed by atoms with Crippen LogP contribution in [0.25, 0.3) is 11.4 Å². The van der Waals surface area contributed by atoms with Gasteiger partial charge in [-0.1, -0.05) is 17.3 Å². The molecule has 0 radical (unpaired) electrons. The van der Waals surface area contributed by atoms with E-state index in [1.807, 2.05) is 38.1 Å². The van der Waals surface area contributed by atoms with Crippen molar-refractivity contribution in [3.05, 3.63) is 59.7 Å². The zero-order valence-electron chi connectivity index (χ0n) is 19.5. The predicted octanol–water partition coefficient (Wildman–Crippen LogP) is 3.33. The van der Waals surface area contributed by atoms with E-state index in [0.29, 0.717) is 24.9 Å². The number of aromatic nitrogens is 3. The van der Waals surface area contributed by atoms with Gasteiger partial charge in [0.25, 0.3) is 0 Å². The second kappa shape index (κ2) is 11.0. The first-order valence-corrected chi connectivity index (χ1v) is 11.5. The lowest BCUT2D eigenvalue weighted by Crippen LogP contribution is -2.42. The van der Waals surface area contributed by atoms with Crippen molar-refractivity contribution in [2.45, 2.75) is 45.6 Å². The summed E-state index contributed by atoms with van der Waals surface area (Å²) in [6, 6.07) is 9.39. The number of nitrogens with one attached hydrogen (secondary N) is 1. The van der Waals surface area contributed by atoms with Crippen LogP contribution in [0.1, 0.15) is 36.3 Å². The Kier molecular flexibility index (Phi) is 7.64. The molecule has 1 aliphatic rings. The van der Waals surface area contributed by atoms with E-state index >= 15 is 0 Å². The molecule has 3 heterocycles. The molecule has 9 heteroatoms. The molecule has 2 amide bonds. The van der Waals surface area contributed by atoms with Crippen LogP contribution in [0.2, 0.25) is 0 Å². The summed E-state index contributed by atoms with van der Waals surface area (Å²) in [4.78, 5) is 35.9. The average molecular weight is 464 g/mol. The Morgan fingerprint density at radius 3 is 2.85 bits per heavy atom.